The molecule has 0 aromatic heterocycles. The largest absolute Gasteiger partial charge is 0.506 e. The number of phenols is 1. The van der Waals surface area contributed by atoms with Gasteiger partial charge in [-0.15, -0.1) is 0 Å². The number of carbonyl (C=O) groups excluding carboxylic acids is 1. The minimum absolute atomic E-state index is 0.125. The molecule has 4 nitrogen and oxygen atoms in total. The second kappa shape index (κ2) is 7.11. The van der Waals surface area contributed by atoms with E-state index in [1.165, 1.54) is 18.3 Å². The van der Waals surface area contributed by atoms with Gasteiger partial charge in [-0.1, -0.05) is 53.5 Å². The zero-order valence-corrected chi connectivity index (χ0v) is 12.4. The molecule has 2 rings (SSSR count). The van der Waals surface area contributed by atoms with Gasteiger partial charge in [0.05, 0.1) is 17.7 Å². The number of nitrogens with zero attached hydrogens (tertiary/aromatic N) is 1. The Kier molecular flexibility index (Phi) is 5.20. The number of hydrogen-bond acceptors (Lipinski definition) is 3. The van der Waals surface area contributed by atoms with Gasteiger partial charge < -0.3 is 5.11 Å². The second-order valence-corrected chi connectivity index (χ2v) is 5.12. The van der Waals surface area contributed by atoms with Crippen molar-refractivity contribution in [3.05, 3.63) is 63.6 Å². The highest BCUT2D eigenvalue weighted by molar-refractivity contribution is 6.36. The molecule has 0 saturated heterocycles. The first-order valence-electron chi connectivity index (χ1n) is 6.10. The number of aromatic hydroxyl groups is 1. The standard InChI is InChI=1S/C15H12Cl2N2O2/c16-12-7-11(15(21)13(17)8-12)9-18-19-14(20)6-10-4-2-1-3-5-10/h1-5,7-9,21H,6H2,(H,19,20). The zero-order valence-electron chi connectivity index (χ0n) is 10.9. The van der Waals surface area contributed by atoms with Crippen LogP contribution >= 0.6 is 23.2 Å². The van der Waals surface area contributed by atoms with Gasteiger partial charge in [-0.3, -0.25) is 4.79 Å². The number of nitrogens with one attached hydrogen (secondary N) is 1. The van der Waals surface area contributed by atoms with Crippen molar-refractivity contribution in [2.45, 2.75) is 6.42 Å². The van der Waals surface area contributed by atoms with Crippen molar-refractivity contribution in [3.8, 4) is 5.75 Å². The summed E-state index contributed by atoms with van der Waals surface area (Å²) in [5.74, 6) is -0.396. The fraction of sp³-hybridized carbons (Fsp3) is 0.0667. The monoisotopic (exact) mass is 322 g/mol. The van der Waals surface area contributed by atoms with Crippen molar-refractivity contribution in [2.24, 2.45) is 5.10 Å². The van der Waals surface area contributed by atoms with E-state index in [1.807, 2.05) is 30.3 Å². The Morgan fingerprint density at radius 3 is 2.67 bits per heavy atom. The van der Waals surface area contributed by atoms with E-state index in [9.17, 15) is 9.90 Å². The summed E-state index contributed by atoms with van der Waals surface area (Å²) < 4.78 is 0. The van der Waals surface area contributed by atoms with Crippen LogP contribution in [0, 0.1) is 0 Å². The van der Waals surface area contributed by atoms with Crippen LogP contribution in [0.5, 0.6) is 5.75 Å². The smallest absolute Gasteiger partial charge is 0.244 e. The maximum absolute atomic E-state index is 11.7. The van der Waals surface area contributed by atoms with Crippen LogP contribution in [0.2, 0.25) is 10.0 Å². The molecule has 0 aliphatic rings. The minimum Gasteiger partial charge on any atom is -0.506 e. The Bertz CT molecular complexity index is 673. The summed E-state index contributed by atoms with van der Waals surface area (Å²) in [4.78, 5) is 11.7. The zero-order chi connectivity index (χ0) is 15.2. The number of halogens is 2. The van der Waals surface area contributed by atoms with Gasteiger partial charge in [0.1, 0.15) is 5.75 Å². The summed E-state index contributed by atoms with van der Waals surface area (Å²) in [6, 6.07) is 12.2. The third kappa shape index (κ3) is 4.48. The van der Waals surface area contributed by atoms with Crippen LogP contribution in [0.15, 0.2) is 47.6 Å². The lowest BCUT2D eigenvalue weighted by molar-refractivity contribution is -0.120. The van der Waals surface area contributed by atoms with E-state index in [-0.39, 0.29) is 23.1 Å². The molecule has 1 amide bonds. The Morgan fingerprint density at radius 1 is 1.24 bits per heavy atom. The number of hydrazone groups is 1. The summed E-state index contributed by atoms with van der Waals surface area (Å²) in [7, 11) is 0. The summed E-state index contributed by atoms with van der Waals surface area (Å²) in [6.07, 6.45) is 1.51. The molecule has 0 spiro atoms. The molecule has 6 heteroatoms. The predicted octanol–water partition coefficient (Wildman–Crippen LogP) is 3.39. The fourth-order valence-electron chi connectivity index (χ4n) is 1.68. The molecule has 0 heterocycles. The van der Waals surface area contributed by atoms with Crippen LogP contribution in [0.25, 0.3) is 0 Å². The molecule has 108 valence electrons. The first-order valence-corrected chi connectivity index (χ1v) is 6.85. The average molecular weight is 323 g/mol. The molecule has 2 aromatic carbocycles. The quantitative estimate of drug-likeness (QED) is 0.669. The van der Waals surface area contributed by atoms with E-state index in [4.69, 9.17) is 23.2 Å². The van der Waals surface area contributed by atoms with Gasteiger partial charge >= 0.3 is 0 Å². The van der Waals surface area contributed by atoms with Crippen LogP contribution in [-0.4, -0.2) is 17.2 Å². The van der Waals surface area contributed by atoms with Crippen molar-refractivity contribution in [2.75, 3.05) is 0 Å². The normalized spacial score (nSPS) is 10.8. The van der Waals surface area contributed by atoms with Crippen molar-refractivity contribution in [1.29, 1.82) is 0 Å². The Balaban J connectivity index is 1.98. The molecule has 0 aliphatic heterocycles. The Morgan fingerprint density at radius 2 is 1.95 bits per heavy atom. The van der Waals surface area contributed by atoms with E-state index < -0.39 is 0 Å². The van der Waals surface area contributed by atoms with Crippen molar-refractivity contribution in [3.63, 3.8) is 0 Å². The lowest BCUT2D eigenvalue weighted by atomic mass is 10.1. The summed E-state index contributed by atoms with van der Waals surface area (Å²) in [5, 5.41) is 14.0. The molecule has 2 N–H and O–H groups in total. The van der Waals surface area contributed by atoms with Gasteiger partial charge in [0.25, 0.3) is 0 Å². The Labute approximate surface area is 132 Å². The van der Waals surface area contributed by atoms with E-state index in [0.29, 0.717) is 10.6 Å². The van der Waals surface area contributed by atoms with E-state index in [0.717, 1.165) is 5.56 Å². The highest BCUT2D eigenvalue weighted by atomic mass is 35.5. The van der Waals surface area contributed by atoms with E-state index in [2.05, 4.69) is 10.5 Å². The summed E-state index contributed by atoms with van der Waals surface area (Å²) >= 11 is 11.6. The lowest BCUT2D eigenvalue weighted by Crippen LogP contribution is -2.19. The van der Waals surface area contributed by atoms with E-state index in [1.54, 1.807) is 0 Å². The maximum Gasteiger partial charge on any atom is 0.244 e. The topological polar surface area (TPSA) is 61.7 Å². The molecule has 0 fully saturated rings. The van der Waals surface area contributed by atoms with E-state index >= 15 is 0 Å². The van der Waals surface area contributed by atoms with Gasteiger partial charge in [-0.25, -0.2) is 5.43 Å². The van der Waals surface area contributed by atoms with Gasteiger partial charge in [0.2, 0.25) is 5.91 Å². The van der Waals surface area contributed by atoms with Gasteiger partial charge in [-0.2, -0.15) is 5.10 Å². The van der Waals surface area contributed by atoms with Crippen molar-refractivity contribution in [1.82, 2.24) is 5.43 Å². The number of phenolic OH excluding ortho intramolecular Hbond substituents is 1. The van der Waals surface area contributed by atoms with Crippen LogP contribution in [0.4, 0.5) is 0 Å². The highest BCUT2D eigenvalue weighted by Gasteiger charge is 2.06. The second-order valence-electron chi connectivity index (χ2n) is 4.28. The molecule has 2 aromatic rings. The first-order chi connectivity index (χ1) is 10.1. The molecule has 0 saturated carbocycles. The number of carbonyl (C=O) groups is 1. The lowest BCUT2D eigenvalue weighted by Gasteiger charge is -2.03. The number of amides is 1. The summed E-state index contributed by atoms with van der Waals surface area (Å²) in [5.41, 5.74) is 3.59. The molecule has 0 radical (unpaired) electrons. The van der Waals surface area contributed by atoms with Crippen LogP contribution in [0.1, 0.15) is 11.1 Å². The van der Waals surface area contributed by atoms with Crippen molar-refractivity contribution >= 4 is 35.3 Å². The number of benzene rings is 2. The average Bonchev–Trinajstić information content (AvgIpc) is 2.45. The molecule has 0 unspecified atom stereocenters. The molecule has 0 aliphatic carbocycles. The third-order valence-corrected chi connectivity index (χ3v) is 3.16. The highest BCUT2D eigenvalue weighted by Crippen LogP contribution is 2.29. The SMILES string of the molecule is O=C(Cc1ccccc1)NN=Cc1cc(Cl)cc(Cl)c1O. The molecular weight excluding hydrogens is 311 g/mol. The Hall–Kier alpha value is -2.04. The van der Waals surface area contributed by atoms with Gasteiger partial charge in [0, 0.05) is 10.6 Å². The third-order valence-electron chi connectivity index (χ3n) is 2.66. The minimum atomic E-state index is -0.259. The van der Waals surface area contributed by atoms with Gasteiger partial charge in [-0.05, 0) is 17.7 Å². The predicted molar refractivity (Wildman–Crippen MR) is 84.0 cm³/mol. The molecule has 0 bridgehead atoms. The van der Waals surface area contributed by atoms with Crippen LogP contribution in [0.3, 0.4) is 0 Å². The van der Waals surface area contributed by atoms with Crippen LogP contribution in [-0.2, 0) is 11.2 Å². The van der Waals surface area contributed by atoms with Gasteiger partial charge in [0.15, 0.2) is 0 Å². The van der Waals surface area contributed by atoms with Crippen molar-refractivity contribution < 1.29 is 9.90 Å². The maximum atomic E-state index is 11.7. The number of rotatable bonds is 4. The molecule has 21 heavy (non-hydrogen) atoms. The first kappa shape index (κ1) is 15.4. The fourth-order valence-corrected chi connectivity index (χ4v) is 2.19. The summed E-state index contributed by atoms with van der Waals surface area (Å²) in [6.45, 7) is 0. The molecule has 0 atom stereocenters. The van der Waals surface area contributed by atoms with Crippen LogP contribution < -0.4 is 5.43 Å². The molecular formula is C15H12Cl2N2O2. The number of hydrogen-bond donors (Lipinski definition) is 2.